The molecule has 1 spiro atoms. The fourth-order valence-corrected chi connectivity index (χ4v) is 6.12. The van der Waals surface area contributed by atoms with E-state index in [1.165, 1.54) is 51.6 Å². The van der Waals surface area contributed by atoms with Crippen molar-refractivity contribution < 1.29 is 4.79 Å². The summed E-state index contributed by atoms with van der Waals surface area (Å²) in [6.45, 7) is 5.00. The molecule has 2 aliphatic carbocycles. The minimum atomic E-state index is 0.422. The SMILES string of the molecule is CC1CC2C(=O)CC3CCCN4CCCC2C34C1. The first kappa shape index (κ1) is 11.5. The van der Waals surface area contributed by atoms with Gasteiger partial charge in [0.05, 0.1) is 0 Å². The largest absolute Gasteiger partial charge is 0.299 e. The summed E-state index contributed by atoms with van der Waals surface area (Å²) in [5.74, 6) is 3.22. The van der Waals surface area contributed by atoms with Crippen LogP contribution in [0, 0.1) is 23.7 Å². The Morgan fingerprint density at radius 2 is 2.00 bits per heavy atom. The summed E-state index contributed by atoms with van der Waals surface area (Å²) in [6, 6.07) is 0. The standard InChI is InChI=1S/C16H25NO/c1-11-8-13-14-5-3-7-17-6-2-4-12(9-15(13)18)16(14,17)10-11/h11-14H,2-10H2,1H3. The Morgan fingerprint density at radius 1 is 1.22 bits per heavy atom. The first-order valence-electron chi connectivity index (χ1n) is 7.99. The Balaban J connectivity index is 1.81. The van der Waals surface area contributed by atoms with Crippen LogP contribution in [0.5, 0.6) is 0 Å². The topological polar surface area (TPSA) is 20.3 Å². The molecule has 2 bridgehead atoms. The highest BCUT2D eigenvalue weighted by molar-refractivity contribution is 5.83. The molecule has 0 radical (unpaired) electrons. The van der Waals surface area contributed by atoms with E-state index in [0.717, 1.165) is 12.3 Å². The quantitative estimate of drug-likeness (QED) is 0.656. The van der Waals surface area contributed by atoms with Crippen LogP contribution in [0.3, 0.4) is 0 Å². The first-order chi connectivity index (χ1) is 8.72. The lowest BCUT2D eigenvalue weighted by atomic mass is 9.48. The van der Waals surface area contributed by atoms with Gasteiger partial charge in [-0.1, -0.05) is 6.92 Å². The Labute approximate surface area is 110 Å². The second kappa shape index (κ2) is 3.82. The molecule has 0 N–H and O–H groups in total. The number of carbonyl (C=O) groups is 1. The normalized spacial score (nSPS) is 51.9. The van der Waals surface area contributed by atoms with Crippen LogP contribution in [-0.2, 0) is 4.79 Å². The predicted octanol–water partition coefficient (Wildman–Crippen LogP) is 2.87. The zero-order valence-corrected chi connectivity index (χ0v) is 11.5. The van der Waals surface area contributed by atoms with Gasteiger partial charge in [0.25, 0.3) is 0 Å². The minimum absolute atomic E-state index is 0.422. The lowest BCUT2D eigenvalue weighted by molar-refractivity contribution is -0.171. The van der Waals surface area contributed by atoms with E-state index in [0.29, 0.717) is 29.1 Å². The molecule has 2 nitrogen and oxygen atoms in total. The van der Waals surface area contributed by atoms with E-state index in [1.807, 2.05) is 0 Å². The number of rotatable bonds is 0. The summed E-state index contributed by atoms with van der Waals surface area (Å²) in [5.41, 5.74) is 0.451. The molecule has 5 atom stereocenters. The lowest BCUT2D eigenvalue weighted by Gasteiger charge is -2.66. The summed E-state index contributed by atoms with van der Waals surface area (Å²) in [6.07, 6.45) is 8.78. The Hall–Kier alpha value is -0.370. The van der Waals surface area contributed by atoms with E-state index >= 15 is 0 Å². The smallest absolute Gasteiger partial charge is 0.136 e. The number of hydrogen-bond acceptors (Lipinski definition) is 2. The van der Waals surface area contributed by atoms with Gasteiger partial charge in [-0.05, 0) is 69.4 Å². The van der Waals surface area contributed by atoms with Crippen molar-refractivity contribution in [3.8, 4) is 0 Å². The predicted molar refractivity (Wildman–Crippen MR) is 71.3 cm³/mol. The Bertz CT molecular complexity index is 377. The maximum Gasteiger partial charge on any atom is 0.136 e. The molecule has 0 aromatic rings. The highest BCUT2D eigenvalue weighted by Gasteiger charge is 2.61. The van der Waals surface area contributed by atoms with Crippen LogP contribution in [-0.4, -0.2) is 29.3 Å². The molecule has 4 rings (SSSR count). The van der Waals surface area contributed by atoms with Crippen LogP contribution in [0.4, 0.5) is 0 Å². The number of nitrogens with zero attached hydrogens (tertiary/aromatic N) is 1. The van der Waals surface area contributed by atoms with Crippen LogP contribution >= 0.6 is 0 Å². The van der Waals surface area contributed by atoms with Crippen LogP contribution in [0.25, 0.3) is 0 Å². The highest BCUT2D eigenvalue weighted by atomic mass is 16.1. The molecule has 100 valence electrons. The average Bonchev–Trinajstić information content (AvgIpc) is 2.35. The molecule has 0 aromatic heterocycles. The van der Waals surface area contributed by atoms with E-state index in [-0.39, 0.29) is 0 Å². The van der Waals surface area contributed by atoms with Crippen LogP contribution in [0.1, 0.15) is 51.9 Å². The highest BCUT2D eigenvalue weighted by Crippen LogP contribution is 2.59. The van der Waals surface area contributed by atoms with E-state index < -0.39 is 0 Å². The fraction of sp³-hybridized carbons (Fsp3) is 0.938. The third kappa shape index (κ3) is 1.31. The van der Waals surface area contributed by atoms with Crippen LogP contribution < -0.4 is 0 Å². The molecular weight excluding hydrogens is 222 g/mol. The molecule has 0 aromatic carbocycles. The van der Waals surface area contributed by atoms with Crippen molar-refractivity contribution in [2.45, 2.75) is 57.4 Å². The van der Waals surface area contributed by atoms with E-state index in [2.05, 4.69) is 11.8 Å². The Morgan fingerprint density at radius 3 is 2.83 bits per heavy atom. The molecule has 2 saturated heterocycles. The van der Waals surface area contributed by atoms with Gasteiger partial charge in [-0.25, -0.2) is 0 Å². The van der Waals surface area contributed by atoms with E-state index in [9.17, 15) is 4.79 Å². The van der Waals surface area contributed by atoms with Gasteiger partial charge in [-0.2, -0.15) is 0 Å². The molecule has 2 heteroatoms. The van der Waals surface area contributed by atoms with Gasteiger partial charge >= 0.3 is 0 Å². The lowest BCUT2D eigenvalue weighted by Crippen LogP contribution is -2.70. The second-order valence-electron chi connectivity index (χ2n) is 7.39. The number of ketones is 1. The van der Waals surface area contributed by atoms with Gasteiger partial charge in [-0.3, -0.25) is 9.69 Å². The number of Topliss-reactive ketones (excluding diaryl/α,β-unsaturated/α-hetero) is 1. The number of hydrogen-bond donors (Lipinski definition) is 0. The van der Waals surface area contributed by atoms with Crippen LogP contribution in [0.15, 0.2) is 0 Å². The molecule has 2 saturated carbocycles. The van der Waals surface area contributed by atoms with Crippen molar-refractivity contribution in [3.63, 3.8) is 0 Å². The van der Waals surface area contributed by atoms with Gasteiger partial charge < -0.3 is 0 Å². The summed E-state index contributed by atoms with van der Waals surface area (Å²) < 4.78 is 0. The van der Waals surface area contributed by atoms with Crippen molar-refractivity contribution in [2.75, 3.05) is 13.1 Å². The van der Waals surface area contributed by atoms with Gasteiger partial charge in [0.1, 0.15) is 5.78 Å². The zero-order valence-electron chi connectivity index (χ0n) is 11.5. The third-order valence-corrected chi connectivity index (χ3v) is 6.54. The number of piperidine rings is 2. The maximum atomic E-state index is 12.5. The van der Waals surface area contributed by atoms with Gasteiger partial charge in [0, 0.05) is 17.9 Å². The van der Waals surface area contributed by atoms with Crippen LogP contribution in [0.2, 0.25) is 0 Å². The summed E-state index contributed by atoms with van der Waals surface area (Å²) in [5, 5.41) is 0. The molecule has 4 aliphatic rings. The van der Waals surface area contributed by atoms with E-state index in [1.54, 1.807) is 0 Å². The second-order valence-corrected chi connectivity index (χ2v) is 7.39. The monoisotopic (exact) mass is 247 g/mol. The summed E-state index contributed by atoms with van der Waals surface area (Å²) in [4.78, 5) is 15.3. The number of carbonyl (C=O) groups excluding carboxylic acids is 1. The van der Waals surface area contributed by atoms with Crippen molar-refractivity contribution in [3.05, 3.63) is 0 Å². The maximum absolute atomic E-state index is 12.5. The van der Waals surface area contributed by atoms with Crippen molar-refractivity contribution in [1.82, 2.24) is 4.90 Å². The third-order valence-electron chi connectivity index (χ3n) is 6.54. The van der Waals surface area contributed by atoms with Gasteiger partial charge in [0.2, 0.25) is 0 Å². The average molecular weight is 247 g/mol. The minimum Gasteiger partial charge on any atom is -0.299 e. The van der Waals surface area contributed by atoms with E-state index in [4.69, 9.17) is 0 Å². The molecule has 18 heavy (non-hydrogen) atoms. The molecule has 5 unspecified atom stereocenters. The summed E-state index contributed by atoms with van der Waals surface area (Å²) >= 11 is 0. The fourth-order valence-electron chi connectivity index (χ4n) is 6.12. The summed E-state index contributed by atoms with van der Waals surface area (Å²) in [7, 11) is 0. The molecule has 2 heterocycles. The van der Waals surface area contributed by atoms with Crippen molar-refractivity contribution in [1.29, 1.82) is 0 Å². The first-order valence-corrected chi connectivity index (χ1v) is 7.99. The molecule has 2 aliphatic heterocycles. The van der Waals surface area contributed by atoms with Crippen molar-refractivity contribution >= 4 is 5.78 Å². The zero-order chi connectivity index (χ0) is 12.3. The van der Waals surface area contributed by atoms with Gasteiger partial charge in [0.15, 0.2) is 0 Å². The Kier molecular flexibility index (Phi) is 2.43. The molecule has 4 fully saturated rings. The van der Waals surface area contributed by atoms with Crippen molar-refractivity contribution in [2.24, 2.45) is 23.7 Å². The molecular formula is C16H25NO. The van der Waals surface area contributed by atoms with Gasteiger partial charge in [-0.15, -0.1) is 0 Å². The molecule has 0 amide bonds.